The van der Waals surface area contributed by atoms with Crippen molar-refractivity contribution in [2.24, 2.45) is 4.99 Å². The van der Waals surface area contributed by atoms with Gasteiger partial charge in [0.15, 0.2) is 5.96 Å². The molecule has 0 saturated carbocycles. The molecule has 1 aromatic carbocycles. The average molecular weight is 361 g/mol. The van der Waals surface area contributed by atoms with Crippen molar-refractivity contribution in [1.29, 1.82) is 0 Å². The Kier molecular flexibility index (Phi) is 8.92. The van der Waals surface area contributed by atoms with Crippen LogP contribution in [0.25, 0.3) is 0 Å². The minimum absolute atomic E-state index is 0.0917. The average Bonchev–Trinajstić information content (AvgIpc) is 2.59. The Morgan fingerprint density at radius 3 is 2.50 bits per heavy atom. The summed E-state index contributed by atoms with van der Waals surface area (Å²) in [5, 5.41) is 16.3. The summed E-state index contributed by atoms with van der Waals surface area (Å²) in [6.45, 7) is 12.1. The van der Waals surface area contributed by atoms with Gasteiger partial charge in [0.2, 0.25) is 0 Å². The highest BCUT2D eigenvalue weighted by molar-refractivity contribution is 5.79. The SMILES string of the molecule is CCNC(=NCCCN1CCC(O)CC1)NCCc1cc(C)cc(C)c1. The van der Waals surface area contributed by atoms with Crippen molar-refractivity contribution in [3.8, 4) is 0 Å². The maximum atomic E-state index is 9.56. The summed E-state index contributed by atoms with van der Waals surface area (Å²) in [4.78, 5) is 7.13. The fourth-order valence-corrected chi connectivity index (χ4v) is 3.51. The number of guanidine groups is 1. The summed E-state index contributed by atoms with van der Waals surface area (Å²) in [5.74, 6) is 0.908. The quantitative estimate of drug-likeness (QED) is 0.378. The van der Waals surface area contributed by atoms with Gasteiger partial charge in [0.1, 0.15) is 0 Å². The largest absolute Gasteiger partial charge is 0.393 e. The van der Waals surface area contributed by atoms with E-state index < -0.39 is 0 Å². The van der Waals surface area contributed by atoms with Gasteiger partial charge in [0.25, 0.3) is 0 Å². The molecule has 1 saturated heterocycles. The first-order valence-electron chi connectivity index (χ1n) is 10.1. The first kappa shape index (κ1) is 20.7. The molecule has 0 unspecified atom stereocenters. The molecule has 0 spiro atoms. The van der Waals surface area contributed by atoms with E-state index in [2.05, 4.69) is 54.5 Å². The van der Waals surface area contributed by atoms with Crippen molar-refractivity contribution in [2.75, 3.05) is 39.3 Å². The maximum absolute atomic E-state index is 9.56. The van der Waals surface area contributed by atoms with Crippen LogP contribution >= 0.6 is 0 Å². The number of aliphatic imine (C=N–C) groups is 1. The van der Waals surface area contributed by atoms with Gasteiger partial charge in [-0.15, -0.1) is 0 Å². The Morgan fingerprint density at radius 2 is 1.85 bits per heavy atom. The maximum Gasteiger partial charge on any atom is 0.191 e. The molecular weight excluding hydrogens is 324 g/mol. The molecular formula is C21H36N4O. The number of hydrogen-bond donors (Lipinski definition) is 3. The van der Waals surface area contributed by atoms with Gasteiger partial charge in [-0.2, -0.15) is 0 Å². The molecule has 26 heavy (non-hydrogen) atoms. The van der Waals surface area contributed by atoms with Gasteiger partial charge in [-0.05, 0) is 58.6 Å². The highest BCUT2D eigenvalue weighted by Gasteiger charge is 2.15. The van der Waals surface area contributed by atoms with Crippen molar-refractivity contribution in [3.05, 3.63) is 34.9 Å². The van der Waals surface area contributed by atoms with Gasteiger partial charge in [0.05, 0.1) is 6.10 Å². The molecule has 0 aliphatic carbocycles. The van der Waals surface area contributed by atoms with Crippen molar-refractivity contribution < 1.29 is 5.11 Å². The van der Waals surface area contributed by atoms with Crippen LogP contribution in [0.2, 0.25) is 0 Å². The highest BCUT2D eigenvalue weighted by Crippen LogP contribution is 2.10. The lowest BCUT2D eigenvalue weighted by Gasteiger charge is -2.29. The van der Waals surface area contributed by atoms with Crippen molar-refractivity contribution in [2.45, 2.75) is 52.6 Å². The number of nitrogens with zero attached hydrogens (tertiary/aromatic N) is 2. The third kappa shape index (κ3) is 7.75. The van der Waals surface area contributed by atoms with Crippen LogP contribution in [0.15, 0.2) is 23.2 Å². The summed E-state index contributed by atoms with van der Waals surface area (Å²) in [5.41, 5.74) is 4.02. The molecule has 0 amide bonds. The third-order valence-electron chi connectivity index (χ3n) is 4.79. The standard InChI is InChI=1S/C21H36N4O/c1-4-22-21(23-9-5-11-25-12-7-20(26)8-13-25)24-10-6-19-15-17(2)14-18(3)16-19/h14-16,20,26H,4-13H2,1-3H3,(H2,22,23,24). The molecule has 0 atom stereocenters. The molecule has 1 fully saturated rings. The van der Waals surface area contributed by atoms with Crippen LogP contribution in [0, 0.1) is 13.8 Å². The molecule has 1 aromatic rings. The van der Waals surface area contributed by atoms with E-state index in [0.717, 1.165) is 70.9 Å². The molecule has 0 aromatic heterocycles. The topological polar surface area (TPSA) is 59.9 Å². The zero-order valence-corrected chi connectivity index (χ0v) is 16.7. The zero-order valence-electron chi connectivity index (χ0n) is 16.7. The Morgan fingerprint density at radius 1 is 1.15 bits per heavy atom. The Hall–Kier alpha value is -1.59. The summed E-state index contributed by atoms with van der Waals surface area (Å²) < 4.78 is 0. The van der Waals surface area contributed by atoms with Crippen molar-refractivity contribution >= 4 is 5.96 Å². The smallest absolute Gasteiger partial charge is 0.191 e. The number of benzene rings is 1. The van der Waals surface area contributed by atoms with Crippen LogP contribution in [0.3, 0.4) is 0 Å². The summed E-state index contributed by atoms with van der Waals surface area (Å²) >= 11 is 0. The van der Waals surface area contributed by atoms with E-state index in [-0.39, 0.29) is 6.10 Å². The molecule has 2 rings (SSSR count). The monoisotopic (exact) mass is 360 g/mol. The van der Waals surface area contributed by atoms with Gasteiger partial charge < -0.3 is 20.6 Å². The van der Waals surface area contributed by atoms with E-state index in [9.17, 15) is 5.11 Å². The van der Waals surface area contributed by atoms with Gasteiger partial charge in [-0.1, -0.05) is 29.3 Å². The van der Waals surface area contributed by atoms with E-state index >= 15 is 0 Å². The van der Waals surface area contributed by atoms with Gasteiger partial charge >= 0.3 is 0 Å². The van der Waals surface area contributed by atoms with E-state index in [1.807, 2.05) is 0 Å². The Labute approximate surface area is 158 Å². The van der Waals surface area contributed by atoms with Gasteiger partial charge in [0, 0.05) is 32.7 Å². The number of rotatable bonds is 8. The zero-order chi connectivity index (χ0) is 18.8. The van der Waals surface area contributed by atoms with Crippen LogP contribution in [-0.2, 0) is 6.42 Å². The lowest BCUT2D eigenvalue weighted by Crippen LogP contribution is -2.39. The highest BCUT2D eigenvalue weighted by atomic mass is 16.3. The van der Waals surface area contributed by atoms with Crippen molar-refractivity contribution in [1.82, 2.24) is 15.5 Å². The fourth-order valence-electron chi connectivity index (χ4n) is 3.51. The molecule has 5 nitrogen and oxygen atoms in total. The van der Waals surface area contributed by atoms with E-state index in [1.165, 1.54) is 16.7 Å². The fraction of sp³-hybridized carbons (Fsp3) is 0.667. The molecule has 5 heteroatoms. The summed E-state index contributed by atoms with van der Waals surface area (Å²) in [7, 11) is 0. The predicted octanol–water partition coefficient (Wildman–Crippen LogP) is 2.25. The van der Waals surface area contributed by atoms with Crippen LogP contribution in [0.5, 0.6) is 0 Å². The molecule has 146 valence electrons. The number of aliphatic hydroxyl groups excluding tert-OH is 1. The number of piperidine rings is 1. The first-order valence-corrected chi connectivity index (χ1v) is 10.1. The minimum atomic E-state index is -0.0917. The lowest BCUT2D eigenvalue weighted by molar-refractivity contribution is 0.0824. The Bertz CT molecular complexity index is 545. The molecule has 0 bridgehead atoms. The second-order valence-corrected chi connectivity index (χ2v) is 7.36. The Balaban J connectivity index is 1.70. The van der Waals surface area contributed by atoms with Crippen LogP contribution in [-0.4, -0.2) is 61.3 Å². The van der Waals surface area contributed by atoms with E-state index in [1.54, 1.807) is 0 Å². The molecule has 1 aliphatic heterocycles. The number of aliphatic hydroxyl groups is 1. The van der Waals surface area contributed by atoms with Gasteiger partial charge in [-0.3, -0.25) is 4.99 Å². The van der Waals surface area contributed by atoms with Crippen LogP contribution in [0.4, 0.5) is 0 Å². The molecule has 3 N–H and O–H groups in total. The molecule has 1 aliphatic rings. The van der Waals surface area contributed by atoms with Crippen LogP contribution < -0.4 is 10.6 Å². The second kappa shape index (κ2) is 11.2. The molecule has 1 heterocycles. The summed E-state index contributed by atoms with van der Waals surface area (Å²) in [6.07, 6.45) is 3.79. The van der Waals surface area contributed by atoms with E-state index in [0.29, 0.717) is 0 Å². The lowest BCUT2D eigenvalue weighted by atomic mass is 10.1. The minimum Gasteiger partial charge on any atom is -0.393 e. The molecule has 0 radical (unpaired) electrons. The van der Waals surface area contributed by atoms with Crippen LogP contribution in [0.1, 0.15) is 42.9 Å². The van der Waals surface area contributed by atoms with Gasteiger partial charge in [-0.25, -0.2) is 0 Å². The summed E-state index contributed by atoms with van der Waals surface area (Å²) in [6, 6.07) is 6.73. The van der Waals surface area contributed by atoms with Crippen molar-refractivity contribution in [3.63, 3.8) is 0 Å². The number of hydrogen-bond acceptors (Lipinski definition) is 3. The first-order chi connectivity index (χ1) is 12.6. The van der Waals surface area contributed by atoms with E-state index in [4.69, 9.17) is 4.99 Å². The second-order valence-electron chi connectivity index (χ2n) is 7.36. The normalized spacial score (nSPS) is 16.7. The number of likely N-dealkylation sites (tertiary alicyclic amines) is 1. The third-order valence-corrected chi connectivity index (χ3v) is 4.79. The predicted molar refractivity (Wildman–Crippen MR) is 110 cm³/mol. The number of aryl methyl sites for hydroxylation is 2. The number of nitrogens with one attached hydrogen (secondary N) is 2.